The minimum Gasteiger partial charge on any atom is -0.497 e. The lowest BCUT2D eigenvalue weighted by molar-refractivity contribution is -0.148. The summed E-state index contributed by atoms with van der Waals surface area (Å²) < 4.78 is 23.6. The van der Waals surface area contributed by atoms with E-state index in [0.29, 0.717) is 0 Å². The summed E-state index contributed by atoms with van der Waals surface area (Å²) in [7, 11) is 1.57. The maximum absolute atomic E-state index is 13.5. The number of methoxy groups -OCH3 is 1. The van der Waals surface area contributed by atoms with Crippen LogP contribution in [0.1, 0.15) is 18.1 Å². The van der Waals surface area contributed by atoms with E-state index in [4.69, 9.17) is 9.47 Å². The highest BCUT2D eigenvalue weighted by molar-refractivity contribution is 5.94. The van der Waals surface area contributed by atoms with Gasteiger partial charge in [-0.15, -0.1) is 0 Å². The fourth-order valence-electron chi connectivity index (χ4n) is 2.10. The zero-order valence-electron chi connectivity index (χ0n) is 14.6. The van der Waals surface area contributed by atoms with Gasteiger partial charge >= 0.3 is 5.97 Å². The number of rotatable bonds is 7. The number of hydrogen-bond acceptors (Lipinski definition) is 4. The van der Waals surface area contributed by atoms with E-state index in [1.54, 1.807) is 49.6 Å². The molecule has 26 heavy (non-hydrogen) atoms. The molecule has 2 rings (SSSR count). The smallest absolute Gasteiger partial charge is 0.328 e. The van der Waals surface area contributed by atoms with Gasteiger partial charge in [0.15, 0.2) is 0 Å². The Hall–Kier alpha value is -3.15. The fraction of sp³-hybridized carbons (Fsp3) is 0.200. The number of nitrogens with one attached hydrogen (secondary N) is 1. The molecule has 1 atom stereocenters. The SMILES string of the molecule is COc1ccc(C=CC(=O)NC(C)C(=O)OCc2ccccc2F)cc1. The van der Waals surface area contributed by atoms with Crippen LogP contribution in [-0.2, 0) is 20.9 Å². The Labute approximate surface area is 151 Å². The molecule has 0 aliphatic rings. The summed E-state index contributed by atoms with van der Waals surface area (Å²) in [5.41, 5.74) is 1.09. The lowest BCUT2D eigenvalue weighted by Gasteiger charge is -2.12. The molecular weight excluding hydrogens is 337 g/mol. The summed E-state index contributed by atoms with van der Waals surface area (Å²) in [5, 5.41) is 2.50. The number of hydrogen-bond donors (Lipinski definition) is 1. The van der Waals surface area contributed by atoms with Crippen LogP contribution < -0.4 is 10.1 Å². The van der Waals surface area contributed by atoms with E-state index in [2.05, 4.69) is 5.32 Å². The second-order valence-electron chi connectivity index (χ2n) is 5.54. The molecule has 6 heteroatoms. The molecule has 0 aromatic heterocycles. The first kappa shape index (κ1) is 19.2. The number of carbonyl (C=O) groups is 2. The predicted octanol–water partition coefficient (Wildman–Crippen LogP) is 3.10. The quantitative estimate of drug-likeness (QED) is 0.611. The molecule has 2 aromatic carbocycles. The van der Waals surface area contributed by atoms with Gasteiger partial charge in [-0.1, -0.05) is 30.3 Å². The second kappa shape index (κ2) is 9.36. The molecule has 0 radical (unpaired) electrons. The van der Waals surface area contributed by atoms with Crippen LogP contribution in [0.3, 0.4) is 0 Å². The van der Waals surface area contributed by atoms with E-state index < -0.39 is 23.7 Å². The highest BCUT2D eigenvalue weighted by atomic mass is 19.1. The van der Waals surface area contributed by atoms with Crippen LogP contribution in [0.4, 0.5) is 4.39 Å². The number of halogens is 1. The minimum absolute atomic E-state index is 0.187. The van der Waals surface area contributed by atoms with E-state index in [1.165, 1.54) is 25.1 Å². The molecule has 0 spiro atoms. The third-order valence-electron chi connectivity index (χ3n) is 3.58. The first-order valence-electron chi connectivity index (χ1n) is 8.02. The van der Waals surface area contributed by atoms with Crippen molar-refractivity contribution in [1.82, 2.24) is 5.32 Å². The van der Waals surface area contributed by atoms with E-state index in [1.807, 2.05) is 0 Å². The third-order valence-corrected chi connectivity index (χ3v) is 3.58. The van der Waals surface area contributed by atoms with Gasteiger partial charge < -0.3 is 14.8 Å². The van der Waals surface area contributed by atoms with Crippen molar-refractivity contribution < 1.29 is 23.5 Å². The van der Waals surface area contributed by atoms with Crippen molar-refractivity contribution in [2.45, 2.75) is 19.6 Å². The van der Waals surface area contributed by atoms with Gasteiger partial charge in [-0.2, -0.15) is 0 Å². The fourth-order valence-corrected chi connectivity index (χ4v) is 2.10. The first-order chi connectivity index (χ1) is 12.5. The standard InChI is InChI=1S/C20H20FNO4/c1-14(20(24)26-13-16-5-3-4-6-18(16)21)22-19(23)12-9-15-7-10-17(25-2)11-8-15/h3-12,14H,13H2,1-2H3,(H,22,23). The Bertz CT molecular complexity index is 787. The number of benzene rings is 2. The van der Waals surface area contributed by atoms with Crippen molar-refractivity contribution in [2.24, 2.45) is 0 Å². The predicted molar refractivity (Wildman–Crippen MR) is 95.8 cm³/mol. The average Bonchev–Trinajstić information content (AvgIpc) is 2.65. The van der Waals surface area contributed by atoms with Crippen LogP contribution in [0.15, 0.2) is 54.6 Å². The largest absolute Gasteiger partial charge is 0.497 e. The van der Waals surface area contributed by atoms with Crippen LogP contribution in [-0.4, -0.2) is 25.0 Å². The zero-order chi connectivity index (χ0) is 18.9. The van der Waals surface area contributed by atoms with E-state index in [9.17, 15) is 14.0 Å². The lowest BCUT2D eigenvalue weighted by atomic mass is 10.2. The summed E-state index contributed by atoms with van der Waals surface area (Å²) in [6.07, 6.45) is 2.94. The Kier molecular flexibility index (Phi) is 6.91. The molecule has 0 saturated carbocycles. The van der Waals surface area contributed by atoms with Crippen molar-refractivity contribution in [2.75, 3.05) is 7.11 Å². The Balaban J connectivity index is 1.82. The van der Waals surface area contributed by atoms with Gasteiger partial charge in [0.1, 0.15) is 24.2 Å². The van der Waals surface area contributed by atoms with Gasteiger partial charge in [0.2, 0.25) is 5.91 Å². The normalized spacial score (nSPS) is 11.8. The lowest BCUT2D eigenvalue weighted by Crippen LogP contribution is -2.38. The molecule has 0 bridgehead atoms. The number of amides is 1. The number of carbonyl (C=O) groups excluding carboxylic acids is 2. The number of esters is 1. The zero-order valence-corrected chi connectivity index (χ0v) is 14.6. The first-order valence-corrected chi connectivity index (χ1v) is 8.02. The third kappa shape index (κ3) is 5.73. The molecule has 0 saturated heterocycles. The Morgan fingerprint density at radius 2 is 1.85 bits per heavy atom. The van der Waals surface area contributed by atoms with Gasteiger partial charge in [0.25, 0.3) is 0 Å². The summed E-state index contributed by atoms with van der Waals surface area (Å²) >= 11 is 0. The molecule has 5 nitrogen and oxygen atoms in total. The van der Waals surface area contributed by atoms with Gasteiger partial charge in [-0.05, 0) is 36.8 Å². The summed E-state index contributed by atoms with van der Waals surface area (Å²) in [6, 6.07) is 12.3. The van der Waals surface area contributed by atoms with Crippen molar-refractivity contribution in [3.05, 3.63) is 71.6 Å². The van der Waals surface area contributed by atoms with Crippen LogP contribution in [0.5, 0.6) is 5.75 Å². The summed E-state index contributed by atoms with van der Waals surface area (Å²) in [6.45, 7) is 1.32. The molecule has 1 N–H and O–H groups in total. The maximum atomic E-state index is 13.5. The molecule has 136 valence electrons. The molecule has 0 aliphatic heterocycles. The summed E-state index contributed by atoms with van der Waals surface area (Å²) in [5.74, 6) is -0.798. The maximum Gasteiger partial charge on any atom is 0.328 e. The molecular formula is C20H20FNO4. The highest BCUT2D eigenvalue weighted by Gasteiger charge is 2.16. The van der Waals surface area contributed by atoms with Crippen LogP contribution in [0, 0.1) is 5.82 Å². The van der Waals surface area contributed by atoms with E-state index in [-0.39, 0.29) is 12.2 Å². The molecule has 1 unspecified atom stereocenters. The van der Waals surface area contributed by atoms with Gasteiger partial charge in [0.05, 0.1) is 7.11 Å². The average molecular weight is 357 g/mol. The minimum atomic E-state index is -0.852. The van der Waals surface area contributed by atoms with E-state index in [0.717, 1.165) is 11.3 Å². The molecule has 0 heterocycles. The topological polar surface area (TPSA) is 64.6 Å². The molecule has 2 aromatic rings. The van der Waals surface area contributed by atoms with Gasteiger partial charge in [-0.3, -0.25) is 4.79 Å². The van der Waals surface area contributed by atoms with Crippen molar-refractivity contribution in [3.8, 4) is 5.75 Å². The molecule has 1 amide bonds. The van der Waals surface area contributed by atoms with Crippen molar-refractivity contribution in [1.29, 1.82) is 0 Å². The highest BCUT2D eigenvalue weighted by Crippen LogP contribution is 2.12. The Morgan fingerprint density at radius 1 is 1.15 bits per heavy atom. The second-order valence-corrected chi connectivity index (χ2v) is 5.54. The van der Waals surface area contributed by atoms with Crippen LogP contribution in [0.25, 0.3) is 6.08 Å². The van der Waals surface area contributed by atoms with Crippen molar-refractivity contribution in [3.63, 3.8) is 0 Å². The Morgan fingerprint density at radius 3 is 2.50 bits per heavy atom. The van der Waals surface area contributed by atoms with Gasteiger partial charge in [0, 0.05) is 11.6 Å². The molecule has 0 fully saturated rings. The number of ether oxygens (including phenoxy) is 2. The van der Waals surface area contributed by atoms with E-state index >= 15 is 0 Å². The monoisotopic (exact) mass is 357 g/mol. The van der Waals surface area contributed by atoms with Gasteiger partial charge in [-0.25, -0.2) is 9.18 Å². The van der Waals surface area contributed by atoms with Crippen LogP contribution in [0.2, 0.25) is 0 Å². The molecule has 0 aliphatic carbocycles. The van der Waals surface area contributed by atoms with Crippen LogP contribution >= 0.6 is 0 Å². The van der Waals surface area contributed by atoms with Crippen molar-refractivity contribution >= 4 is 18.0 Å². The summed E-state index contributed by atoms with van der Waals surface area (Å²) in [4.78, 5) is 23.8.